The average molecular weight is 191 g/mol. The van der Waals surface area contributed by atoms with Gasteiger partial charge < -0.3 is 10.2 Å². The fourth-order valence-electron chi connectivity index (χ4n) is 1.94. The summed E-state index contributed by atoms with van der Waals surface area (Å²) < 4.78 is 0. The Morgan fingerprint density at radius 3 is 3.36 bits per heavy atom. The maximum absolute atomic E-state index is 4.45. The molecule has 0 atom stereocenters. The topological polar surface area (TPSA) is 28.2 Å². The zero-order chi connectivity index (χ0) is 9.80. The largest absolute Gasteiger partial charge is 0.355 e. The predicted molar refractivity (Wildman–Crippen MR) is 58.7 cm³/mol. The first-order chi connectivity index (χ1) is 6.92. The van der Waals surface area contributed by atoms with Gasteiger partial charge in [0.05, 0.1) is 0 Å². The number of aryl methyl sites for hydroxylation is 1. The molecule has 76 valence electrons. The number of likely N-dealkylation sites (N-methyl/N-ethyl adjacent to an activating group) is 1. The van der Waals surface area contributed by atoms with E-state index in [4.69, 9.17) is 0 Å². The first-order valence-electron chi connectivity index (χ1n) is 5.25. The van der Waals surface area contributed by atoms with Crippen molar-refractivity contribution in [2.24, 2.45) is 0 Å². The Balaban J connectivity index is 2.14. The molecule has 2 rings (SSSR count). The molecule has 14 heavy (non-hydrogen) atoms. The average Bonchev–Trinajstić information content (AvgIpc) is 2.26. The molecule has 0 radical (unpaired) electrons. The normalized spacial score (nSPS) is 15.4. The number of aromatic nitrogens is 1. The number of hydrogen-bond acceptors (Lipinski definition) is 3. The molecule has 3 heteroatoms. The van der Waals surface area contributed by atoms with Crippen LogP contribution in [-0.4, -0.2) is 31.7 Å². The zero-order valence-electron chi connectivity index (χ0n) is 8.66. The van der Waals surface area contributed by atoms with Gasteiger partial charge in [0, 0.05) is 25.8 Å². The van der Waals surface area contributed by atoms with Gasteiger partial charge in [0.2, 0.25) is 0 Å². The van der Waals surface area contributed by atoms with Crippen molar-refractivity contribution < 1.29 is 0 Å². The smallest absolute Gasteiger partial charge is 0.131 e. The summed E-state index contributed by atoms with van der Waals surface area (Å²) in [5.41, 5.74) is 1.40. The lowest BCUT2D eigenvalue weighted by Gasteiger charge is -2.29. The Labute approximate surface area is 85.1 Å². The first kappa shape index (κ1) is 9.46. The van der Waals surface area contributed by atoms with Crippen molar-refractivity contribution >= 4 is 5.82 Å². The summed E-state index contributed by atoms with van der Waals surface area (Å²) in [4.78, 5) is 6.82. The van der Waals surface area contributed by atoms with Gasteiger partial charge in [0.25, 0.3) is 0 Å². The van der Waals surface area contributed by atoms with Crippen molar-refractivity contribution in [2.75, 3.05) is 31.6 Å². The highest BCUT2D eigenvalue weighted by molar-refractivity contribution is 5.48. The fraction of sp³-hybridized carbons (Fsp3) is 0.545. The van der Waals surface area contributed by atoms with Gasteiger partial charge in [-0.15, -0.1) is 0 Å². The Kier molecular flexibility index (Phi) is 2.99. The Morgan fingerprint density at radius 2 is 2.50 bits per heavy atom. The van der Waals surface area contributed by atoms with Gasteiger partial charge in [-0.2, -0.15) is 0 Å². The zero-order valence-corrected chi connectivity index (χ0v) is 8.66. The quantitative estimate of drug-likeness (QED) is 0.774. The molecule has 0 saturated heterocycles. The van der Waals surface area contributed by atoms with Crippen molar-refractivity contribution in [1.29, 1.82) is 0 Å². The molecule has 1 aromatic heterocycles. The van der Waals surface area contributed by atoms with Crippen molar-refractivity contribution in [3.63, 3.8) is 0 Å². The molecule has 1 aliphatic rings. The van der Waals surface area contributed by atoms with Crippen LogP contribution < -0.4 is 10.2 Å². The molecule has 0 aromatic carbocycles. The summed E-state index contributed by atoms with van der Waals surface area (Å²) in [5, 5.41) is 3.18. The summed E-state index contributed by atoms with van der Waals surface area (Å²) >= 11 is 0. The molecule has 0 unspecified atom stereocenters. The Bertz CT molecular complexity index is 298. The molecule has 0 amide bonds. The van der Waals surface area contributed by atoms with E-state index in [0.717, 1.165) is 19.6 Å². The van der Waals surface area contributed by atoms with Crippen LogP contribution in [0.15, 0.2) is 18.3 Å². The molecular weight excluding hydrogens is 174 g/mol. The number of hydrogen-bond donors (Lipinski definition) is 1. The maximum atomic E-state index is 4.45. The maximum Gasteiger partial charge on any atom is 0.131 e. The third-order valence-electron chi connectivity index (χ3n) is 2.67. The van der Waals surface area contributed by atoms with E-state index in [-0.39, 0.29) is 0 Å². The van der Waals surface area contributed by atoms with Crippen LogP contribution in [-0.2, 0) is 6.42 Å². The molecule has 3 nitrogen and oxygen atoms in total. The van der Waals surface area contributed by atoms with Gasteiger partial charge in [-0.25, -0.2) is 4.98 Å². The molecule has 1 aromatic rings. The van der Waals surface area contributed by atoms with Crippen molar-refractivity contribution in [3.05, 3.63) is 23.9 Å². The van der Waals surface area contributed by atoms with E-state index < -0.39 is 0 Å². The highest BCUT2D eigenvalue weighted by atomic mass is 15.2. The van der Waals surface area contributed by atoms with Gasteiger partial charge >= 0.3 is 0 Å². The third-order valence-corrected chi connectivity index (χ3v) is 2.67. The minimum Gasteiger partial charge on any atom is -0.355 e. The van der Waals surface area contributed by atoms with Gasteiger partial charge in [-0.3, -0.25) is 0 Å². The standard InChI is InChI=1S/C11H17N3/c1-12-7-9-14-8-3-5-10-4-2-6-13-11(10)14/h2,4,6,12H,3,5,7-9H2,1H3. The van der Waals surface area contributed by atoms with E-state index in [1.807, 2.05) is 19.3 Å². The van der Waals surface area contributed by atoms with Crippen LogP contribution >= 0.6 is 0 Å². The molecule has 0 fully saturated rings. The second kappa shape index (κ2) is 4.42. The van der Waals surface area contributed by atoms with E-state index in [9.17, 15) is 0 Å². The number of rotatable bonds is 3. The van der Waals surface area contributed by atoms with Gasteiger partial charge in [-0.1, -0.05) is 6.07 Å². The van der Waals surface area contributed by atoms with Gasteiger partial charge in [0.1, 0.15) is 5.82 Å². The summed E-state index contributed by atoms with van der Waals surface area (Å²) in [6, 6.07) is 4.22. The van der Waals surface area contributed by atoms with Crippen LogP contribution in [0.3, 0.4) is 0 Å². The molecule has 0 bridgehead atoms. The van der Waals surface area contributed by atoms with Crippen LogP contribution in [0.25, 0.3) is 0 Å². The second-order valence-electron chi connectivity index (χ2n) is 3.68. The highest BCUT2D eigenvalue weighted by Gasteiger charge is 2.16. The van der Waals surface area contributed by atoms with E-state index >= 15 is 0 Å². The lowest BCUT2D eigenvalue weighted by Crippen LogP contribution is -2.35. The van der Waals surface area contributed by atoms with E-state index in [2.05, 4.69) is 21.3 Å². The Morgan fingerprint density at radius 1 is 1.57 bits per heavy atom. The van der Waals surface area contributed by atoms with E-state index in [1.165, 1.54) is 24.2 Å². The van der Waals surface area contributed by atoms with Crippen LogP contribution in [0.2, 0.25) is 0 Å². The van der Waals surface area contributed by atoms with Crippen molar-refractivity contribution in [3.8, 4) is 0 Å². The lowest BCUT2D eigenvalue weighted by molar-refractivity contribution is 0.654. The number of nitrogens with one attached hydrogen (secondary N) is 1. The monoisotopic (exact) mass is 191 g/mol. The number of nitrogens with zero attached hydrogens (tertiary/aromatic N) is 2. The summed E-state index contributed by atoms with van der Waals surface area (Å²) in [7, 11) is 1.99. The lowest BCUT2D eigenvalue weighted by atomic mass is 10.1. The van der Waals surface area contributed by atoms with Crippen molar-refractivity contribution in [1.82, 2.24) is 10.3 Å². The van der Waals surface area contributed by atoms with Crippen molar-refractivity contribution in [2.45, 2.75) is 12.8 Å². The summed E-state index contributed by atoms with van der Waals surface area (Å²) in [6.07, 6.45) is 4.32. The molecule has 1 aliphatic heterocycles. The minimum atomic E-state index is 1.02. The molecule has 0 spiro atoms. The second-order valence-corrected chi connectivity index (χ2v) is 3.68. The molecule has 2 heterocycles. The number of pyridine rings is 1. The summed E-state index contributed by atoms with van der Waals surface area (Å²) in [6.45, 7) is 3.22. The van der Waals surface area contributed by atoms with Crippen LogP contribution in [0, 0.1) is 0 Å². The first-order valence-corrected chi connectivity index (χ1v) is 5.25. The van der Waals surface area contributed by atoms with E-state index in [0.29, 0.717) is 0 Å². The van der Waals surface area contributed by atoms with Crippen LogP contribution in [0.5, 0.6) is 0 Å². The number of anilines is 1. The predicted octanol–water partition coefficient (Wildman–Crippen LogP) is 1.05. The van der Waals surface area contributed by atoms with Gasteiger partial charge in [0.15, 0.2) is 0 Å². The summed E-state index contributed by atoms with van der Waals surface area (Å²) in [5.74, 6) is 1.19. The van der Waals surface area contributed by atoms with Crippen LogP contribution in [0.1, 0.15) is 12.0 Å². The SMILES string of the molecule is CNCCN1CCCc2cccnc21. The molecular formula is C11H17N3. The third kappa shape index (κ3) is 1.87. The Hall–Kier alpha value is -1.09. The van der Waals surface area contributed by atoms with E-state index in [1.54, 1.807) is 0 Å². The van der Waals surface area contributed by atoms with Crippen LogP contribution in [0.4, 0.5) is 5.82 Å². The highest BCUT2D eigenvalue weighted by Crippen LogP contribution is 2.23. The molecule has 1 N–H and O–H groups in total. The minimum absolute atomic E-state index is 1.02. The molecule has 0 saturated carbocycles. The number of fused-ring (bicyclic) bond motifs is 1. The van der Waals surface area contributed by atoms with Gasteiger partial charge in [-0.05, 0) is 31.5 Å². The fourth-order valence-corrected chi connectivity index (χ4v) is 1.94. The molecule has 0 aliphatic carbocycles.